The molecule has 1 aliphatic rings. The van der Waals surface area contributed by atoms with E-state index in [2.05, 4.69) is 43.0 Å². The van der Waals surface area contributed by atoms with E-state index < -0.39 is 0 Å². The number of aryl methyl sites for hydroxylation is 2. The maximum atomic E-state index is 4.68. The Balaban J connectivity index is 2.28. The molecule has 1 unspecified atom stereocenters. The van der Waals surface area contributed by atoms with Gasteiger partial charge in [0.05, 0.1) is 0 Å². The third-order valence-corrected chi connectivity index (χ3v) is 3.43. The molecule has 1 aromatic heterocycles. The van der Waals surface area contributed by atoms with Crippen molar-refractivity contribution in [2.45, 2.75) is 46.5 Å². The number of rotatable bonds is 3. The largest absolute Gasteiger partial charge is 0.316 e. The van der Waals surface area contributed by atoms with E-state index in [1.165, 1.54) is 23.4 Å². The summed E-state index contributed by atoms with van der Waals surface area (Å²) in [4.78, 5) is 9.36. The van der Waals surface area contributed by atoms with E-state index in [1.807, 2.05) is 0 Å². The number of hydrogen-bond acceptors (Lipinski definition) is 3. The first-order valence-corrected chi connectivity index (χ1v) is 6.62. The summed E-state index contributed by atoms with van der Waals surface area (Å²) in [6.07, 6.45) is 2.19. The van der Waals surface area contributed by atoms with Gasteiger partial charge in [-0.25, -0.2) is 9.97 Å². The normalized spacial score (nSPS) is 20.2. The smallest absolute Gasteiger partial charge is 0.129 e. The van der Waals surface area contributed by atoms with Crippen LogP contribution in [0.4, 0.5) is 0 Å². The van der Waals surface area contributed by atoms with Crippen LogP contribution in [0.15, 0.2) is 0 Å². The zero-order chi connectivity index (χ0) is 12.4. The van der Waals surface area contributed by atoms with Gasteiger partial charge in [-0.3, -0.25) is 0 Å². The first kappa shape index (κ1) is 12.5. The van der Waals surface area contributed by atoms with E-state index in [0.717, 1.165) is 25.3 Å². The van der Waals surface area contributed by atoms with Crippen molar-refractivity contribution < 1.29 is 0 Å². The highest BCUT2D eigenvalue weighted by molar-refractivity contribution is 5.29. The molecular weight excluding hydrogens is 210 g/mol. The van der Waals surface area contributed by atoms with Gasteiger partial charge in [-0.1, -0.05) is 13.8 Å². The molecule has 3 nitrogen and oxygen atoms in total. The van der Waals surface area contributed by atoms with Gasteiger partial charge in [-0.2, -0.15) is 0 Å². The van der Waals surface area contributed by atoms with Crippen LogP contribution < -0.4 is 5.32 Å². The van der Waals surface area contributed by atoms with Gasteiger partial charge < -0.3 is 5.32 Å². The second kappa shape index (κ2) is 5.13. The van der Waals surface area contributed by atoms with Crippen molar-refractivity contribution in [3.63, 3.8) is 0 Å². The predicted octanol–water partition coefficient (Wildman–Crippen LogP) is 2.37. The monoisotopic (exact) mass is 233 g/mol. The Labute approximate surface area is 104 Å². The van der Waals surface area contributed by atoms with E-state index in [-0.39, 0.29) is 0 Å². The van der Waals surface area contributed by atoms with Gasteiger partial charge in [0.25, 0.3) is 0 Å². The van der Waals surface area contributed by atoms with Gasteiger partial charge in [0.15, 0.2) is 0 Å². The van der Waals surface area contributed by atoms with Crippen molar-refractivity contribution in [1.82, 2.24) is 15.3 Å². The average molecular weight is 233 g/mol. The Kier molecular flexibility index (Phi) is 3.77. The molecule has 1 N–H and O–H groups in total. The number of aromatic nitrogens is 2. The molecule has 1 atom stereocenters. The lowest BCUT2D eigenvalue weighted by Crippen LogP contribution is -2.13. The highest BCUT2D eigenvalue weighted by atomic mass is 14.9. The Morgan fingerprint density at radius 1 is 1.24 bits per heavy atom. The lowest BCUT2D eigenvalue weighted by atomic mass is 9.95. The first-order chi connectivity index (χ1) is 8.08. The van der Waals surface area contributed by atoms with E-state index in [9.17, 15) is 0 Å². The minimum atomic E-state index is 0.614. The molecule has 1 saturated heterocycles. The van der Waals surface area contributed by atoms with Gasteiger partial charge in [0.2, 0.25) is 0 Å². The molecule has 0 aliphatic carbocycles. The molecule has 0 radical (unpaired) electrons. The van der Waals surface area contributed by atoms with Gasteiger partial charge in [0.1, 0.15) is 5.82 Å². The minimum absolute atomic E-state index is 0.614. The van der Waals surface area contributed by atoms with Crippen LogP contribution in [0.5, 0.6) is 0 Å². The molecule has 94 valence electrons. The lowest BCUT2D eigenvalue weighted by Gasteiger charge is -2.16. The van der Waals surface area contributed by atoms with Gasteiger partial charge in [-0.15, -0.1) is 0 Å². The predicted molar refractivity (Wildman–Crippen MR) is 70.3 cm³/mol. The van der Waals surface area contributed by atoms with Crippen LogP contribution in [0.2, 0.25) is 0 Å². The molecule has 1 aliphatic heterocycles. The molecule has 0 saturated carbocycles. The fourth-order valence-corrected chi connectivity index (χ4v) is 2.74. The lowest BCUT2D eigenvalue weighted by molar-refractivity contribution is 0.611. The summed E-state index contributed by atoms with van der Waals surface area (Å²) in [5.41, 5.74) is 3.74. The van der Waals surface area contributed by atoms with Crippen LogP contribution in [0.3, 0.4) is 0 Å². The maximum absolute atomic E-state index is 4.68. The van der Waals surface area contributed by atoms with Gasteiger partial charge in [0, 0.05) is 30.3 Å². The summed E-state index contributed by atoms with van der Waals surface area (Å²) in [7, 11) is 0. The van der Waals surface area contributed by atoms with Crippen LogP contribution >= 0.6 is 0 Å². The standard InChI is InChI=1S/C14H23N3/c1-9(2)7-13-16-10(3)14(11(4)17-13)12-5-6-15-8-12/h9,12,15H,5-8H2,1-4H3. The van der Waals surface area contributed by atoms with E-state index in [4.69, 9.17) is 0 Å². The Bertz CT molecular complexity index is 369. The van der Waals surface area contributed by atoms with Crippen molar-refractivity contribution in [1.29, 1.82) is 0 Å². The molecule has 0 amide bonds. The summed E-state index contributed by atoms with van der Waals surface area (Å²) in [5, 5.41) is 3.42. The third-order valence-electron chi connectivity index (χ3n) is 3.43. The minimum Gasteiger partial charge on any atom is -0.316 e. The summed E-state index contributed by atoms with van der Waals surface area (Å²) in [6.45, 7) is 10.9. The van der Waals surface area contributed by atoms with E-state index in [0.29, 0.717) is 11.8 Å². The third kappa shape index (κ3) is 2.83. The highest BCUT2D eigenvalue weighted by Crippen LogP contribution is 2.26. The Morgan fingerprint density at radius 2 is 1.88 bits per heavy atom. The summed E-state index contributed by atoms with van der Waals surface area (Å²) < 4.78 is 0. The van der Waals surface area contributed by atoms with Crippen molar-refractivity contribution in [3.8, 4) is 0 Å². The molecule has 1 fully saturated rings. The number of nitrogens with zero attached hydrogens (tertiary/aromatic N) is 2. The molecule has 0 spiro atoms. The molecular formula is C14H23N3. The zero-order valence-electron chi connectivity index (χ0n) is 11.4. The summed E-state index contributed by atoms with van der Waals surface area (Å²) >= 11 is 0. The van der Waals surface area contributed by atoms with Crippen molar-refractivity contribution in [2.24, 2.45) is 5.92 Å². The van der Waals surface area contributed by atoms with Crippen LogP contribution in [0, 0.1) is 19.8 Å². The van der Waals surface area contributed by atoms with Gasteiger partial charge >= 0.3 is 0 Å². The number of nitrogens with one attached hydrogen (secondary N) is 1. The first-order valence-electron chi connectivity index (χ1n) is 6.62. The summed E-state index contributed by atoms with van der Waals surface area (Å²) in [5.74, 6) is 2.24. The molecule has 3 heteroatoms. The van der Waals surface area contributed by atoms with E-state index >= 15 is 0 Å². The maximum Gasteiger partial charge on any atom is 0.129 e. The SMILES string of the molecule is Cc1nc(CC(C)C)nc(C)c1C1CCNC1. The number of hydrogen-bond donors (Lipinski definition) is 1. The van der Waals surface area contributed by atoms with Crippen molar-refractivity contribution in [2.75, 3.05) is 13.1 Å². The second-order valence-electron chi connectivity index (χ2n) is 5.51. The molecule has 0 aromatic carbocycles. The van der Waals surface area contributed by atoms with Crippen LogP contribution in [-0.2, 0) is 6.42 Å². The quantitative estimate of drug-likeness (QED) is 0.871. The fraction of sp³-hybridized carbons (Fsp3) is 0.714. The van der Waals surface area contributed by atoms with Gasteiger partial charge in [-0.05, 0) is 38.3 Å². The molecule has 17 heavy (non-hydrogen) atoms. The molecule has 2 rings (SSSR count). The zero-order valence-corrected chi connectivity index (χ0v) is 11.4. The molecule has 2 heterocycles. The van der Waals surface area contributed by atoms with Crippen molar-refractivity contribution >= 4 is 0 Å². The topological polar surface area (TPSA) is 37.8 Å². The second-order valence-corrected chi connectivity index (χ2v) is 5.51. The van der Waals surface area contributed by atoms with Crippen LogP contribution in [-0.4, -0.2) is 23.1 Å². The Morgan fingerprint density at radius 3 is 2.35 bits per heavy atom. The van der Waals surface area contributed by atoms with E-state index in [1.54, 1.807) is 0 Å². The molecule has 0 bridgehead atoms. The molecule has 1 aromatic rings. The fourth-order valence-electron chi connectivity index (χ4n) is 2.74. The van der Waals surface area contributed by atoms with Crippen LogP contribution in [0.25, 0.3) is 0 Å². The van der Waals surface area contributed by atoms with Crippen molar-refractivity contribution in [3.05, 3.63) is 22.8 Å². The Hall–Kier alpha value is -0.960. The average Bonchev–Trinajstić information content (AvgIpc) is 2.68. The van der Waals surface area contributed by atoms with Crippen LogP contribution in [0.1, 0.15) is 49.0 Å². The highest BCUT2D eigenvalue weighted by Gasteiger charge is 2.22. The summed E-state index contributed by atoms with van der Waals surface area (Å²) in [6, 6.07) is 0.